The van der Waals surface area contributed by atoms with E-state index in [0.717, 1.165) is 5.56 Å². The Hall–Kier alpha value is -2.16. The molecule has 22 heavy (non-hydrogen) atoms. The van der Waals surface area contributed by atoms with Crippen LogP contribution in [-0.2, 0) is 30.5 Å². The number of rotatable bonds is 9. The molecule has 1 amide bonds. The number of hydrogen-bond acceptors (Lipinski definition) is 7. The summed E-state index contributed by atoms with van der Waals surface area (Å²) in [5.41, 5.74) is 0.786. The molecule has 0 aliphatic carbocycles. The van der Waals surface area contributed by atoms with E-state index in [1.807, 2.05) is 0 Å². The van der Waals surface area contributed by atoms with E-state index in [1.165, 1.54) is 14.2 Å². The first-order valence-electron chi connectivity index (χ1n) is 6.46. The second kappa shape index (κ2) is 9.72. The molecule has 0 aromatic heterocycles. The van der Waals surface area contributed by atoms with Crippen LogP contribution in [0.15, 0.2) is 24.3 Å². The smallest absolute Gasteiger partial charge is 0.328 e. The second-order valence-corrected chi connectivity index (χ2v) is 4.20. The number of aliphatic hydroxyl groups is 1. The summed E-state index contributed by atoms with van der Waals surface area (Å²) < 4.78 is 9.84. The van der Waals surface area contributed by atoms with Crippen molar-refractivity contribution in [2.24, 2.45) is 0 Å². The molecule has 0 heterocycles. The topological polar surface area (TPSA) is 103 Å². The van der Waals surface area contributed by atoms with Crippen LogP contribution in [0.1, 0.15) is 5.56 Å². The minimum absolute atomic E-state index is 0.0484. The van der Waals surface area contributed by atoms with E-state index < -0.39 is 24.5 Å². The highest BCUT2D eigenvalue weighted by Crippen LogP contribution is 2.14. The van der Waals surface area contributed by atoms with Gasteiger partial charge in [0.2, 0.25) is 12.7 Å². The number of ether oxygens (including phenoxy) is 2. The summed E-state index contributed by atoms with van der Waals surface area (Å²) in [7, 11) is 2.60. The molecule has 0 aliphatic heterocycles. The lowest BCUT2D eigenvalue weighted by Gasteiger charge is -2.16. The molecule has 0 saturated heterocycles. The molecular weight excluding hydrogens is 294 g/mol. The summed E-state index contributed by atoms with van der Waals surface area (Å²) in [4.78, 5) is 31.8. The van der Waals surface area contributed by atoms with Crippen molar-refractivity contribution in [3.05, 3.63) is 29.8 Å². The lowest BCUT2D eigenvalue weighted by Crippen LogP contribution is -2.44. The molecule has 1 aromatic carbocycles. The molecule has 8 heteroatoms. The quantitative estimate of drug-likeness (QED) is 0.214. The van der Waals surface area contributed by atoms with Gasteiger partial charge in [0.15, 0.2) is 0 Å². The lowest BCUT2D eigenvalue weighted by atomic mass is 10.1. The number of esters is 1. The molecule has 0 spiro atoms. The Morgan fingerprint density at radius 1 is 1.23 bits per heavy atom. The Kier molecular flexibility index (Phi) is 7.90. The van der Waals surface area contributed by atoms with Gasteiger partial charge in [0.05, 0.1) is 14.2 Å². The number of carbonyl (C=O) groups excluding carboxylic acids is 2. The van der Waals surface area contributed by atoms with Crippen LogP contribution in [0.5, 0.6) is 5.75 Å². The fourth-order valence-corrected chi connectivity index (χ4v) is 1.67. The molecule has 0 radical (unpaired) electrons. The number of benzene rings is 1. The number of methoxy groups -OCH3 is 1. The van der Waals surface area contributed by atoms with Crippen molar-refractivity contribution in [1.29, 1.82) is 0 Å². The van der Waals surface area contributed by atoms with E-state index >= 15 is 0 Å². The largest absolute Gasteiger partial charge is 0.467 e. The van der Waals surface area contributed by atoms with Crippen LogP contribution < -0.4 is 10.1 Å². The lowest BCUT2D eigenvalue weighted by molar-refractivity contribution is -0.303. The third kappa shape index (κ3) is 6.08. The van der Waals surface area contributed by atoms with Gasteiger partial charge in [0, 0.05) is 6.42 Å². The highest BCUT2D eigenvalue weighted by molar-refractivity contribution is 5.85. The molecule has 8 nitrogen and oxygen atoms in total. The molecule has 0 bridgehead atoms. The molecule has 0 saturated carbocycles. The average Bonchev–Trinajstić information content (AvgIpc) is 2.55. The van der Waals surface area contributed by atoms with Crippen molar-refractivity contribution in [3.63, 3.8) is 0 Å². The van der Waals surface area contributed by atoms with Gasteiger partial charge in [-0.1, -0.05) is 12.1 Å². The van der Waals surface area contributed by atoms with E-state index in [1.54, 1.807) is 24.3 Å². The van der Waals surface area contributed by atoms with Gasteiger partial charge in [0.1, 0.15) is 18.4 Å². The SMILES string of the molecule is COOCOc1ccc(CC(NC(=O)CO)C(=O)OC)cc1. The first kappa shape index (κ1) is 17.9. The zero-order valence-electron chi connectivity index (χ0n) is 12.4. The number of aliphatic hydroxyl groups excluding tert-OH is 1. The number of amides is 1. The second-order valence-electron chi connectivity index (χ2n) is 4.20. The van der Waals surface area contributed by atoms with Crippen molar-refractivity contribution in [2.45, 2.75) is 12.5 Å². The molecule has 1 atom stereocenters. The number of carbonyl (C=O) groups is 2. The molecule has 1 rings (SSSR count). The molecule has 0 aliphatic rings. The minimum Gasteiger partial charge on any atom is -0.467 e. The van der Waals surface area contributed by atoms with E-state index in [9.17, 15) is 9.59 Å². The van der Waals surface area contributed by atoms with Gasteiger partial charge in [0.25, 0.3) is 0 Å². The molecule has 1 unspecified atom stereocenters. The van der Waals surface area contributed by atoms with Gasteiger partial charge < -0.3 is 19.9 Å². The van der Waals surface area contributed by atoms with Crippen molar-refractivity contribution >= 4 is 11.9 Å². The average molecular weight is 313 g/mol. The molecule has 122 valence electrons. The van der Waals surface area contributed by atoms with Gasteiger partial charge in [-0.05, 0) is 17.7 Å². The van der Waals surface area contributed by atoms with E-state index in [4.69, 9.17) is 9.84 Å². The van der Waals surface area contributed by atoms with Crippen molar-refractivity contribution in [2.75, 3.05) is 27.6 Å². The summed E-state index contributed by atoms with van der Waals surface area (Å²) in [5.74, 6) is -0.669. The standard InChI is InChI=1S/C14H19NO7/c1-19-14(18)12(15-13(17)8-16)7-10-3-5-11(6-4-10)21-9-22-20-2/h3-6,12,16H,7-9H2,1-2H3,(H,15,17). The Bertz CT molecular complexity index is 475. The maximum absolute atomic E-state index is 11.6. The van der Waals surface area contributed by atoms with E-state index in [2.05, 4.69) is 19.8 Å². The van der Waals surface area contributed by atoms with E-state index in [-0.39, 0.29) is 13.2 Å². The van der Waals surface area contributed by atoms with E-state index in [0.29, 0.717) is 5.75 Å². The zero-order chi connectivity index (χ0) is 16.4. The van der Waals surface area contributed by atoms with Crippen molar-refractivity contribution in [1.82, 2.24) is 5.32 Å². The van der Waals surface area contributed by atoms with Gasteiger partial charge in [-0.15, -0.1) is 0 Å². The fourth-order valence-electron chi connectivity index (χ4n) is 1.67. The third-order valence-corrected chi connectivity index (χ3v) is 2.72. The summed E-state index contributed by atoms with van der Waals surface area (Å²) in [5, 5.41) is 11.1. The van der Waals surface area contributed by atoms with Crippen LogP contribution in [0.4, 0.5) is 0 Å². The highest BCUT2D eigenvalue weighted by atomic mass is 17.2. The maximum atomic E-state index is 11.6. The van der Waals surface area contributed by atoms with Crippen LogP contribution in [0.3, 0.4) is 0 Å². The molecule has 2 N–H and O–H groups in total. The van der Waals surface area contributed by atoms with Crippen LogP contribution >= 0.6 is 0 Å². The normalized spacial score (nSPS) is 11.6. The van der Waals surface area contributed by atoms with Crippen LogP contribution in [0.2, 0.25) is 0 Å². The predicted molar refractivity (Wildman–Crippen MR) is 74.8 cm³/mol. The summed E-state index contributed by atoms with van der Waals surface area (Å²) in [6, 6.07) is 5.99. The fraction of sp³-hybridized carbons (Fsp3) is 0.429. The zero-order valence-corrected chi connectivity index (χ0v) is 12.4. The molecule has 1 aromatic rings. The number of nitrogens with one attached hydrogen (secondary N) is 1. The minimum atomic E-state index is -0.867. The monoisotopic (exact) mass is 313 g/mol. The molecule has 0 fully saturated rings. The van der Waals surface area contributed by atoms with Crippen LogP contribution in [-0.4, -0.2) is 50.6 Å². The van der Waals surface area contributed by atoms with Crippen LogP contribution in [0, 0.1) is 0 Å². The maximum Gasteiger partial charge on any atom is 0.328 e. The highest BCUT2D eigenvalue weighted by Gasteiger charge is 2.21. The molecular formula is C14H19NO7. The van der Waals surface area contributed by atoms with Gasteiger partial charge in [-0.3, -0.25) is 4.79 Å². The van der Waals surface area contributed by atoms with Gasteiger partial charge in [-0.25, -0.2) is 9.68 Å². The first-order valence-corrected chi connectivity index (χ1v) is 6.46. The summed E-state index contributed by atoms with van der Waals surface area (Å²) in [6.45, 7) is -0.743. The Morgan fingerprint density at radius 3 is 2.45 bits per heavy atom. The van der Waals surface area contributed by atoms with Gasteiger partial charge >= 0.3 is 5.97 Å². The first-order chi connectivity index (χ1) is 10.6. The Balaban J connectivity index is 2.64. The third-order valence-electron chi connectivity index (χ3n) is 2.72. The van der Waals surface area contributed by atoms with Crippen molar-refractivity contribution in [3.8, 4) is 5.75 Å². The summed E-state index contributed by atoms with van der Waals surface area (Å²) in [6.07, 6.45) is 0.229. The van der Waals surface area contributed by atoms with Crippen molar-refractivity contribution < 1.29 is 33.9 Å². The Morgan fingerprint density at radius 2 is 1.91 bits per heavy atom. The Labute approximate surface area is 127 Å². The van der Waals surface area contributed by atoms with Crippen LogP contribution in [0.25, 0.3) is 0 Å². The van der Waals surface area contributed by atoms with Gasteiger partial charge in [-0.2, -0.15) is 4.89 Å². The number of hydrogen-bond donors (Lipinski definition) is 2. The summed E-state index contributed by atoms with van der Waals surface area (Å²) >= 11 is 0. The predicted octanol–water partition coefficient (Wildman–Crippen LogP) is -0.206.